The van der Waals surface area contributed by atoms with Crippen molar-refractivity contribution >= 4 is 17.7 Å². The van der Waals surface area contributed by atoms with Crippen LogP contribution in [0.25, 0.3) is 0 Å². The van der Waals surface area contributed by atoms with E-state index in [1.807, 2.05) is 24.3 Å². The minimum atomic E-state index is -0.206. The maximum atomic E-state index is 12.0. The molecular weight excluding hydrogens is 372 g/mol. The van der Waals surface area contributed by atoms with Gasteiger partial charge >= 0.3 is 0 Å². The van der Waals surface area contributed by atoms with Gasteiger partial charge in [-0.05, 0) is 37.6 Å². The molecule has 146 valence electrons. The van der Waals surface area contributed by atoms with Crippen LogP contribution < -0.4 is 14.8 Å². The Morgan fingerprint density at radius 3 is 2.82 bits per heavy atom. The zero-order valence-corrected chi connectivity index (χ0v) is 17.0. The van der Waals surface area contributed by atoms with E-state index in [0.29, 0.717) is 24.5 Å². The first-order chi connectivity index (χ1) is 13.5. The molecule has 0 saturated carbocycles. The first-order valence-corrected chi connectivity index (χ1v) is 10.4. The molecule has 0 bridgehead atoms. The minimum Gasteiger partial charge on any atom is -0.488 e. The van der Waals surface area contributed by atoms with Gasteiger partial charge in [0.25, 0.3) is 0 Å². The van der Waals surface area contributed by atoms with E-state index in [1.165, 1.54) is 0 Å². The Bertz CT molecular complexity index is 872. The summed E-state index contributed by atoms with van der Waals surface area (Å²) in [6.45, 7) is 4.97. The van der Waals surface area contributed by atoms with E-state index in [9.17, 15) is 4.79 Å². The van der Waals surface area contributed by atoms with Gasteiger partial charge in [0, 0.05) is 17.7 Å². The molecule has 28 heavy (non-hydrogen) atoms. The molecule has 0 aromatic heterocycles. The summed E-state index contributed by atoms with van der Waals surface area (Å²) in [6, 6.07) is 15.4. The van der Waals surface area contributed by atoms with Crippen LogP contribution in [0.5, 0.6) is 11.5 Å². The molecule has 0 unspecified atom stereocenters. The molecule has 0 atom stereocenters. The van der Waals surface area contributed by atoms with Gasteiger partial charge in [-0.2, -0.15) is 5.26 Å². The van der Waals surface area contributed by atoms with Gasteiger partial charge in [-0.25, -0.2) is 0 Å². The third-order valence-corrected chi connectivity index (χ3v) is 5.33. The van der Waals surface area contributed by atoms with Crippen molar-refractivity contribution in [2.45, 2.75) is 31.6 Å². The smallest absolute Gasteiger partial charge is 0.230 e. The van der Waals surface area contributed by atoms with Crippen LogP contribution in [0.2, 0.25) is 0 Å². The van der Waals surface area contributed by atoms with Crippen molar-refractivity contribution in [3.05, 3.63) is 59.2 Å². The van der Waals surface area contributed by atoms with Gasteiger partial charge in [-0.15, -0.1) is 11.8 Å². The molecule has 5 nitrogen and oxygen atoms in total. The van der Waals surface area contributed by atoms with Crippen LogP contribution in [0.15, 0.2) is 42.5 Å². The fourth-order valence-electron chi connectivity index (χ4n) is 3.04. The largest absolute Gasteiger partial charge is 0.488 e. The van der Waals surface area contributed by atoms with Crippen molar-refractivity contribution in [1.29, 1.82) is 5.26 Å². The Balaban J connectivity index is 1.35. The van der Waals surface area contributed by atoms with Crippen LogP contribution in [0.3, 0.4) is 0 Å². The molecule has 1 amide bonds. The summed E-state index contributed by atoms with van der Waals surface area (Å²) in [7, 11) is 0. The highest BCUT2D eigenvalue weighted by atomic mass is 32.2. The molecule has 2 aromatic carbocycles. The maximum Gasteiger partial charge on any atom is 0.230 e. The highest BCUT2D eigenvalue weighted by Gasteiger charge is 2.32. The summed E-state index contributed by atoms with van der Waals surface area (Å²) >= 11 is 1.54. The highest BCUT2D eigenvalue weighted by molar-refractivity contribution is 7.99. The van der Waals surface area contributed by atoms with Gasteiger partial charge in [-0.1, -0.05) is 24.3 Å². The lowest BCUT2D eigenvalue weighted by Crippen LogP contribution is -2.29. The number of hydrogen-bond acceptors (Lipinski definition) is 5. The second kappa shape index (κ2) is 9.03. The number of nitriles is 1. The average Bonchev–Trinajstić information content (AvgIpc) is 3.00. The monoisotopic (exact) mass is 396 g/mol. The second-order valence-electron chi connectivity index (χ2n) is 7.28. The number of rotatable bonds is 8. The van der Waals surface area contributed by atoms with Crippen LogP contribution in [0.1, 0.15) is 30.5 Å². The number of nitrogens with one attached hydrogen (secondary N) is 1. The van der Waals surface area contributed by atoms with E-state index < -0.39 is 0 Å². The fraction of sp³-hybridized carbons (Fsp3) is 0.364. The van der Waals surface area contributed by atoms with Gasteiger partial charge in [-0.3, -0.25) is 4.79 Å². The SMILES string of the molecule is CC1(C)Cc2cccc(OCCNC(=O)CSCc3ccc(C#N)cc3)c2O1. The van der Waals surface area contributed by atoms with Crippen molar-refractivity contribution in [2.75, 3.05) is 18.9 Å². The Morgan fingerprint density at radius 2 is 2.07 bits per heavy atom. The molecule has 1 aliphatic rings. The number of carbonyl (C=O) groups is 1. The second-order valence-corrected chi connectivity index (χ2v) is 8.27. The molecule has 3 rings (SSSR count). The number of benzene rings is 2. The van der Waals surface area contributed by atoms with E-state index in [4.69, 9.17) is 14.7 Å². The first kappa shape index (κ1) is 20.1. The zero-order chi connectivity index (χ0) is 20.0. The zero-order valence-electron chi connectivity index (χ0n) is 16.2. The van der Waals surface area contributed by atoms with Gasteiger partial charge in [0.05, 0.1) is 23.9 Å². The van der Waals surface area contributed by atoms with Crippen LogP contribution in [-0.4, -0.2) is 30.4 Å². The number of amides is 1. The number of nitrogens with zero attached hydrogens (tertiary/aromatic N) is 1. The quantitative estimate of drug-likeness (QED) is 0.689. The lowest BCUT2D eigenvalue weighted by molar-refractivity contribution is -0.118. The molecule has 0 fully saturated rings. The summed E-state index contributed by atoms with van der Waals surface area (Å²) in [5.41, 5.74) is 2.69. The van der Waals surface area contributed by atoms with Gasteiger partial charge in [0.2, 0.25) is 5.91 Å². The molecule has 0 radical (unpaired) electrons. The molecule has 0 aliphatic carbocycles. The van der Waals surface area contributed by atoms with Crippen LogP contribution >= 0.6 is 11.8 Å². The van der Waals surface area contributed by atoms with E-state index >= 15 is 0 Å². The standard InChI is InChI=1S/C22H24N2O3S/c1-22(2)12-18-4-3-5-19(21(18)27-22)26-11-10-24-20(25)15-28-14-17-8-6-16(13-23)7-9-17/h3-9H,10-12,14-15H2,1-2H3,(H,24,25). The fourth-order valence-corrected chi connectivity index (χ4v) is 3.86. The van der Waals surface area contributed by atoms with Crippen LogP contribution in [-0.2, 0) is 17.0 Å². The van der Waals surface area contributed by atoms with Crippen molar-refractivity contribution in [3.8, 4) is 17.6 Å². The van der Waals surface area contributed by atoms with E-state index in [0.717, 1.165) is 34.8 Å². The summed E-state index contributed by atoms with van der Waals surface area (Å²) in [5, 5.41) is 11.7. The molecule has 1 aliphatic heterocycles. The topological polar surface area (TPSA) is 71.3 Å². The molecule has 0 spiro atoms. The number of para-hydroxylation sites is 1. The van der Waals surface area contributed by atoms with Crippen molar-refractivity contribution in [2.24, 2.45) is 0 Å². The first-order valence-electron chi connectivity index (χ1n) is 9.24. The van der Waals surface area contributed by atoms with Crippen LogP contribution in [0, 0.1) is 11.3 Å². The summed E-state index contributed by atoms with van der Waals surface area (Å²) in [6.07, 6.45) is 0.868. The Kier molecular flexibility index (Phi) is 6.48. The third-order valence-electron chi connectivity index (χ3n) is 4.32. The predicted molar refractivity (Wildman–Crippen MR) is 111 cm³/mol. The number of hydrogen-bond donors (Lipinski definition) is 1. The number of fused-ring (bicyclic) bond motifs is 1. The summed E-state index contributed by atoms with van der Waals surface area (Å²) in [5.74, 6) is 2.65. The van der Waals surface area contributed by atoms with Crippen molar-refractivity contribution in [3.63, 3.8) is 0 Å². The molecule has 0 saturated heterocycles. The maximum absolute atomic E-state index is 12.0. The highest BCUT2D eigenvalue weighted by Crippen LogP contribution is 2.41. The Hall–Kier alpha value is -2.65. The molecule has 1 heterocycles. The van der Waals surface area contributed by atoms with E-state index in [1.54, 1.807) is 23.9 Å². The Labute approximate surface area is 170 Å². The molecule has 2 aromatic rings. The van der Waals surface area contributed by atoms with Gasteiger partial charge in [0.1, 0.15) is 12.2 Å². The van der Waals surface area contributed by atoms with E-state index in [2.05, 4.69) is 31.3 Å². The lowest BCUT2D eigenvalue weighted by Gasteiger charge is -2.18. The molecule has 1 N–H and O–H groups in total. The number of carbonyl (C=O) groups excluding carboxylic acids is 1. The number of ether oxygens (including phenoxy) is 2. The van der Waals surface area contributed by atoms with Crippen molar-refractivity contribution < 1.29 is 14.3 Å². The molecule has 6 heteroatoms. The van der Waals surface area contributed by atoms with Gasteiger partial charge < -0.3 is 14.8 Å². The number of thioether (sulfide) groups is 1. The lowest BCUT2D eigenvalue weighted by atomic mass is 10.0. The van der Waals surface area contributed by atoms with Crippen LogP contribution in [0.4, 0.5) is 0 Å². The normalized spacial score (nSPS) is 13.9. The summed E-state index contributed by atoms with van der Waals surface area (Å²) in [4.78, 5) is 12.0. The van der Waals surface area contributed by atoms with Gasteiger partial charge in [0.15, 0.2) is 11.5 Å². The summed E-state index contributed by atoms with van der Waals surface area (Å²) < 4.78 is 11.8. The minimum absolute atomic E-state index is 0.0158. The molecular formula is C22H24N2O3S. The third kappa shape index (κ3) is 5.43. The Morgan fingerprint density at radius 1 is 1.29 bits per heavy atom. The average molecular weight is 397 g/mol. The van der Waals surface area contributed by atoms with E-state index in [-0.39, 0.29) is 11.5 Å². The predicted octanol–water partition coefficient (Wildman–Crippen LogP) is 3.70. The van der Waals surface area contributed by atoms with Crippen molar-refractivity contribution in [1.82, 2.24) is 5.32 Å².